The van der Waals surface area contributed by atoms with Gasteiger partial charge in [0.1, 0.15) is 11.5 Å². The standard InChI is InChI=1S/C23H30N2O4/c1-5-28-19-10-12-20(13-11-19)29-16-21(26)24-14-15-25-22(27)17-6-8-18(9-7-17)23(2,3)4/h6-13H,5,14-16H2,1-4H3,(H,24,26)(H,25,27). The van der Waals surface area contributed by atoms with Crippen molar-refractivity contribution >= 4 is 11.8 Å². The van der Waals surface area contributed by atoms with Gasteiger partial charge in [0.2, 0.25) is 0 Å². The van der Waals surface area contributed by atoms with Crippen LogP contribution < -0.4 is 20.1 Å². The van der Waals surface area contributed by atoms with Gasteiger partial charge in [-0.25, -0.2) is 0 Å². The Morgan fingerprint density at radius 1 is 0.828 bits per heavy atom. The van der Waals surface area contributed by atoms with Gasteiger partial charge in [0.15, 0.2) is 6.61 Å². The van der Waals surface area contributed by atoms with Gasteiger partial charge in [-0.2, -0.15) is 0 Å². The van der Waals surface area contributed by atoms with Crippen LogP contribution in [0.15, 0.2) is 48.5 Å². The van der Waals surface area contributed by atoms with Gasteiger partial charge < -0.3 is 20.1 Å². The number of ether oxygens (including phenoxy) is 2. The van der Waals surface area contributed by atoms with E-state index in [1.54, 1.807) is 24.3 Å². The Morgan fingerprint density at radius 3 is 1.93 bits per heavy atom. The van der Waals surface area contributed by atoms with Crippen LogP contribution in [-0.2, 0) is 10.2 Å². The van der Waals surface area contributed by atoms with Gasteiger partial charge in [-0.1, -0.05) is 32.9 Å². The van der Waals surface area contributed by atoms with E-state index in [1.165, 1.54) is 5.56 Å². The van der Waals surface area contributed by atoms with E-state index < -0.39 is 0 Å². The summed E-state index contributed by atoms with van der Waals surface area (Å²) in [5, 5.41) is 5.51. The van der Waals surface area contributed by atoms with Gasteiger partial charge in [0, 0.05) is 18.7 Å². The van der Waals surface area contributed by atoms with E-state index in [9.17, 15) is 9.59 Å². The highest BCUT2D eigenvalue weighted by Crippen LogP contribution is 2.22. The van der Waals surface area contributed by atoms with Gasteiger partial charge in [-0.05, 0) is 54.3 Å². The minimum absolute atomic E-state index is 0.0483. The number of rotatable bonds is 9. The van der Waals surface area contributed by atoms with Crippen LogP contribution in [-0.4, -0.2) is 38.1 Å². The number of nitrogens with one attached hydrogen (secondary N) is 2. The second-order valence-electron chi connectivity index (χ2n) is 7.63. The van der Waals surface area contributed by atoms with Crippen LogP contribution in [0.3, 0.4) is 0 Å². The lowest BCUT2D eigenvalue weighted by Gasteiger charge is -2.19. The zero-order valence-corrected chi connectivity index (χ0v) is 17.6. The minimum Gasteiger partial charge on any atom is -0.494 e. The normalized spacial score (nSPS) is 10.9. The van der Waals surface area contributed by atoms with E-state index in [-0.39, 0.29) is 23.8 Å². The molecule has 156 valence electrons. The Balaban J connectivity index is 1.66. The van der Waals surface area contributed by atoms with Crippen LogP contribution in [0.1, 0.15) is 43.6 Å². The number of hydrogen-bond donors (Lipinski definition) is 2. The van der Waals surface area contributed by atoms with Crippen molar-refractivity contribution in [2.24, 2.45) is 0 Å². The van der Waals surface area contributed by atoms with Crippen LogP contribution in [0.25, 0.3) is 0 Å². The SMILES string of the molecule is CCOc1ccc(OCC(=O)NCCNC(=O)c2ccc(C(C)(C)C)cc2)cc1. The minimum atomic E-state index is -0.248. The summed E-state index contributed by atoms with van der Waals surface area (Å²) in [5.41, 5.74) is 1.82. The first kappa shape index (κ1) is 22.3. The Morgan fingerprint density at radius 2 is 1.38 bits per heavy atom. The molecular weight excluding hydrogens is 368 g/mol. The zero-order chi connectivity index (χ0) is 21.3. The summed E-state index contributed by atoms with van der Waals surface area (Å²) in [4.78, 5) is 24.0. The number of carbonyl (C=O) groups is 2. The maximum absolute atomic E-state index is 12.2. The third-order valence-electron chi connectivity index (χ3n) is 4.25. The van der Waals surface area contributed by atoms with Crippen molar-refractivity contribution in [3.8, 4) is 11.5 Å². The molecule has 0 aliphatic carbocycles. The topological polar surface area (TPSA) is 76.7 Å². The number of amides is 2. The maximum Gasteiger partial charge on any atom is 0.258 e. The predicted molar refractivity (Wildman–Crippen MR) is 114 cm³/mol. The van der Waals surface area contributed by atoms with Crippen molar-refractivity contribution in [2.45, 2.75) is 33.1 Å². The molecule has 0 aliphatic heterocycles. The third kappa shape index (κ3) is 7.49. The van der Waals surface area contributed by atoms with E-state index in [0.717, 1.165) is 5.75 Å². The summed E-state index contributed by atoms with van der Waals surface area (Å²) >= 11 is 0. The Hall–Kier alpha value is -3.02. The summed E-state index contributed by atoms with van der Waals surface area (Å²) in [6, 6.07) is 14.7. The van der Waals surface area contributed by atoms with Crippen LogP contribution in [0, 0.1) is 0 Å². The van der Waals surface area contributed by atoms with Gasteiger partial charge in [0.05, 0.1) is 6.61 Å². The van der Waals surface area contributed by atoms with Gasteiger partial charge in [0.25, 0.3) is 11.8 Å². The van der Waals surface area contributed by atoms with Gasteiger partial charge in [-0.15, -0.1) is 0 Å². The number of benzene rings is 2. The average Bonchev–Trinajstić information content (AvgIpc) is 2.70. The molecule has 0 bridgehead atoms. The fourth-order valence-corrected chi connectivity index (χ4v) is 2.60. The summed E-state index contributed by atoms with van der Waals surface area (Å²) in [5.74, 6) is 0.941. The van der Waals surface area contributed by atoms with Crippen LogP contribution >= 0.6 is 0 Å². The summed E-state index contributed by atoms with van der Waals surface area (Å²) < 4.78 is 10.8. The largest absolute Gasteiger partial charge is 0.494 e. The Bertz CT molecular complexity index is 793. The molecule has 0 aliphatic rings. The van der Waals surface area contributed by atoms with Gasteiger partial charge >= 0.3 is 0 Å². The molecule has 0 spiro atoms. The van der Waals surface area contributed by atoms with E-state index >= 15 is 0 Å². The molecule has 2 amide bonds. The van der Waals surface area contributed by atoms with E-state index in [2.05, 4.69) is 31.4 Å². The van der Waals surface area contributed by atoms with Crippen molar-refractivity contribution in [1.82, 2.24) is 10.6 Å². The molecule has 2 aromatic rings. The molecule has 0 atom stereocenters. The molecule has 2 N–H and O–H groups in total. The second-order valence-corrected chi connectivity index (χ2v) is 7.63. The fourth-order valence-electron chi connectivity index (χ4n) is 2.60. The highest BCUT2D eigenvalue weighted by molar-refractivity contribution is 5.94. The highest BCUT2D eigenvalue weighted by atomic mass is 16.5. The molecule has 29 heavy (non-hydrogen) atoms. The lowest BCUT2D eigenvalue weighted by atomic mass is 9.87. The highest BCUT2D eigenvalue weighted by Gasteiger charge is 2.14. The molecule has 0 aromatic heterocycles. The molecule has 0 saturated carbocycles. The Labute approximate surface area is 172 Å². The summed E-state index contributed by atoms with van der Waals surface area (Å²) in [6.45, 7) is 9.49. The summed E-state index contributed by atoms with van der Waals surface area (Å²) in [7, 11) is 0. The van der Waals surface area contributed by atoms with E-state index in [4.69, 9.17) is 9.47 Å². The molecule has 6 heteroatoms. The summed E-state index contributed by atoms with van der Waals surface area (Å²) in [6.07, 6.45) is 0. The smallest absolute Gasteiger partial charge is 0.258 e. The number of carbonyl (C=O) groups excluding carboxylic acids is 2. The monoisotopic (exact) mass is 398 g/mol. The second kappa shape index (κ2) is 10.5. The first-order chi connectivity index (χ1) is 13.8. The lowest BCUT2D eigenvalue weighted by molar-refractivity contribution is -0.123. The van der Waals surface area contributed by atoms with Crippen LogP contribution in [0.2, 0.25) is 0 Å². The zero-order valence-electron chi connectivity index (χ0n) is 17.6. The first-order valence-electron chi connectivity index (χ1n) is 9.80. The van der Waals surface area contributed by atoms with Crippen LogP contribution in [0.4, 0.5) is 0 Å². The lowest BCUT2D eigenvalue weighted by Crippen LogP contribution is -2.36. The van der Waals surface area contributed by atoms with Crippen molar-refractivity contribution in [3.63, 3.8) is 0 Å². The maximum atomic E-state index is 12.2. The van der Waals surface area contributed by atoms with Crippen LogP contribution in [0.5, 0.6) is 11.5 Å². The molecular formula is C23H30N2O4. The van der Waals surface area contributed by atoms with Crippen molar-refractivity contribution < 1.29 is 19.1 Å². The van der Waals surface area contributed by atoms with E-state index in [0.29, 0.717) is 31.0 Å². The van der Waals surface area contributed by atoms with Crippen molar-refractivity contribution in [3.05, 3.63) is 59.7 Å². The quantitative estimate of drug-likeness (QED) is 0.636. The number of hydrogen-bond acceptors (Lipinski definition) is 4. The molecule has 2 aromatic carbocycles. The predicted octanol–water partition coefficient (Wildman–Crippen LogP) is 3.31. The fraction of sp³-hybridized carbons (Fsp3) is 0.391. The van der Waals surface area contributed by atoms with Gasteiger partial charge in [-0.3, -0.25) is 9.59 Å². The molecule has 0 unspecified atom stereocenters. The third-order valence-corrected chi connectivity index (χ3v) is 4.25. The van der Waals surface area contributed by atoms with Crippen molar-refractivity contribution in [1.29, 1.82) is 0 Å². The van der Waals surface area contributed by atoms with Crippen molar-refractivity contribution in [2.75, 3.05) is 26.3 Å². The molecule has 0 heterocycles. The molecule has 0 fully saturated rings. The molecule has 0 saturated heterocycles. The average molecular weight is 399 g/mol. The Kier molecular flexibility index (Phi) is 8.07. The molecule has 6 nitrogen and oxygen atoms in total. The van der Waals surface area contributed by atoms with E-state index in [1.807, 2.05) is 31.2 Å². The molecule has 0 radical (unpaired) electrons. The molecule has 2 rings (SSSR count). The first-order valence-corrected chi connectivity index (χ1v) is 9.80.